The monoisotopic (exact) mass is 388 g/mol. The standard InChI is InChI=1S/C22H20N4O3/c1-15-7-9-24-20(13-15)18-5-6-22(27)26(25-18)11-12-29-21-8-10-23-19-14-16(28-2)3-4-17(19)21/h3-10,13-14H,11-12H2,1-2H3. The molecule has 0 saturated heterocycles. The van der Waals surface area contributed by atoms with E-state index in [0.717, 1.165) is 27.9 Å². The second-order valence-corrected chi connectivity index (χ2v) is 6.54. The van der Waals surface area contributed by atoms with Gasteiger partial charge in [0.05, 0.1) is 24.9 Å². The first kappa shape index (κ1) is 18.6. The Bertz CT molecular complexity index is 1220. The number of rotatable bonds is 6. The van der Waals surface area contributed by atoms with Gasteiger partial charge in [0.2, 0.25) is 0 Å². The Balaban J connectivity index is 1.52. The molecule has 0 aliphatic carbocycles. The first-order chi connectivity index (χ1) is 14.1. The molecule has 0 unspecified atom stereocenters. The van der Waals surface area contributed by atoms with Crippen molar-refractivity contribution in [2.24, 2.45) is 0 Å². The van der Waals surface area contributed by atoms with Crippen LogP contribution in [0.3, 0.4) is 0 Å². The van der Waals surface area contributed by atoms with E-state index in [9.17, 15) is 4.79 Å². The van der Waals surface area contributed by atoms with E-state index in [-0.39, 0.29) is 5.56 Å². The van der Waals surface area contributed by atoms with Crippen LogP contribution in [0.1, 0.15) is 5.56 Å². The third kappa shape index (κ3) is 4.08. The number of hydrogen-bond donors (Lipinski definition) is 0. The Kier molecular flexibility index (Phi) is 5.20. The Morgan fingerprint density at radius 2 is 1.83 bits per heavy atom. The van der Waals surface area contributed by atoms with Gasteiger partial charge in [0.15, 0.2) is 0 Å². The molecule has 0 N–H and O–H groups in total. The van der Waals surface area contributed by atoms with Gasteiger partial charge in [0.25, 0.3) is 5.56 Å². The van der Waals surface area contributed by atoms with Gasteiger partial charge in [0, 0.05) is 29.9 Å². The molecule has 29 heavy (non-hydrogen) atoms. The fourth-order valence-corrected chi connectivity index (χ4v) is 3.02. The highest BCUT2D eigenvalue weighted by molar-refractivity contribution is 5.85. The highest BCUT2D eigenvalue weighted by Gasteiger charge is 2.07. The summed E-state index contributed by atoms with van der Waals surface area (Å²) in [4.78, 5) is 20.9. The number of pyridine rings is 2. The summed E-state index contributed by atoms with van der Waals surface area (Å²) in [6, 6.07) is 14.5. The van der Waals surface area contributed by atoms with Crippen LogP contribution in [0.25, 0.3) is 22.3 Å². The van der Waals surface area contributed by atoms with Crippen LogP contribution in [-0.4, -0.2) is 33.5 Å². The van der Waals surface area contributed by atoms with Gasteiger partial charge >= 0.3 is 0 Å². The zero-order valence-electron chi connectivity index (χ0n) is 16.2. The molecule has 3 heterocycles. The van der Waals surface area contributed by atoms with Gasteiger partial charge in [-0.15, -0.1) is 0 Å². The predicted octanol–water partition coefficient (Wildman–Crippen LogP) is 3.25. The van der Waals surface area contributed by atoms with E-state index >= 15 is 0 Å². The first-order valence-corrected chi connectivity index (χ1v) is 9.21. The van der Waals surface area contributed by atoms with Crippen LogP contribution < -0.4 is 15.0 Å². The minimum atomic E-state index is -0.186. The summed E-state index contributed by atoms with van der Waals surface area (Å²) in [6.45, 7) is 2.60. The molecule has 0 aliphatic heterocycles. The Hall–Kier alpha value is -3.74. The highest BCUT2D eigenvalue weighted by atomic mass is 16.5. The van der Waals surface area contributed by atoms with E-state index in [0.29, 0.717) is 24.6 Å². The molecule has 3 aromatic heterocycles. The van der Waals surface area contributed by atoms with Crippen LogP contribution in [0.15, 0.2) is 65.7 Å². The summed E-state index contributed by atoms with van der Waals surface area (Å²) in [5.41, 5.74) is 3.06. The largest absolute Gasteiger partial charge is 0.497 e. The molecule has 0 amide bonds. The lowest BCUT2D eigenvalue weighted by atomic mass is 10.2. The first-order valence-electron chi connectivity index (χ1n) is 9.21. The second kappa shape index (κ2) is 8.10. The number of benzene rings is 1. The third-order valence-corrected chi connectivity index (χ3v) is 4.52. The molecule has 0 bridgehead atoms. The van der Waals surface area contributed by atoms with Crippen molar-refractivity contribution in [2.75, 3.05) is 13.7 Å². The van der Waals surface area contributed by atoms with Gasteiger partial charge in [-0.25, -0.2) is 4.68 Å². The summed E-state index contributed by atoms with van der Waals surface area (Å²) in [7, 11) is 1.62. The van der Waals surface area contributed by atoms with Crippen molar-refractivity contribution in [1.29, 1.82) is 0 Å². The average molecular weight is 388 g/mol. The van der Waals surface area contributed by atoms with Crippen LogP contribution in [-0.2, 0) is 6.54 Å². The molecule has 0 aliphatic rings. The molecule has 1 aromatic carbocycles. The molecule has 0 spiro atoms. The van der Waals surface area contributed by atoms with Gasteiger partial charge in [-0.1, -0.05) is 0 Å². The molecular formula is C22H20N4O3. The van der Waals surface area contributed by atoms with Crippen molar-refractivity contribution in [2.45, 2.75) is 13.5 Å². The summed E-state index contributed by atoms with van der Waals surface area (Å²) in [5.74, 6) is 1.43. The molecular weight excluding hydrogens is 368 g/mol. The van der Waals surface area contributed by atoms with E-state index in [4.69, 9.17) is 9.47 Å². The van der Waals surface area contributed by atoms with Crippen molar-refractivity contribution < 1.29 is 9.47 Å². The van der Waals surface area contributed by atoms with Gasteiger partial charge in [-0.05, 0) is 48.9 Å². The molecule has 0 radical (unpaired) electrons. The lowest BCUT2D eigenvalue weighted by Crippen LogP contribution is -2.25. The quantitative estimate of drug-likeness (QED) is 0.504. The smallest absolute Gasteiger partial charge is 0.266 e. The van der Waals surface area contributed by atoms with Gasteiger partial charge in [0.1, 0.15) is 23.8 Å². The van der Waals surface area contributed by atoms with E-state index < -0.39 is 0 Å². The number of hydrogen-bond acceptors (Lipinski definition) is 6. The van der Waals surface area contributed by atoms with Crippen molar-refractivity contribution in [1.82, 2.24) is 19.7 Å². The minimum absolute atomic E-state index is 0.186. The molecule has 7 nitrogen and oxygen atoms in total. The summed E-state index contributed by atoms with van der Waals surface area (Å²) >= 11 is 0. The van der Waals surface area contributed by atoms with E-state index in [1.54, 1.807) is 31.6 Å². The van der Waals surface area contributed by atoms with Crippen molar-refractivity contribution in [3.8, 4) is 22.9 Å². The highest BCUT2D eigenvalue weighted by Crippen LogP contribution is 2.27. The molecule has 0 atom stereocenters. The van der Waals surface area contributed by atoms with Crippen molar-refractivity contribution in [3.63, 3.8) is 0 Å². The molecule has 7 heteroatoms. The SMILES string of the molecule is COc1ccc2c(OCCn3nc(-c4cc(C)ccn4)ccc3=O)ccnc2c1. The van der Waals surface area contributed by atoms with E-state index in [1.807, 2.05) is 37.3 Å². The summed E-state index contributed by atoms with van der Waals surface area (Å²) < 4.78 is 12.6. The lowest BCUT2D eigenvalue weighted by Gasteiger charge is -2.11. The number of methoxy groups -OCH3 is 1. The van der Waals surface area contributed by atoms with Gasteiger partial charge < -0.3 is 9.47 Å². The van der Waals surface area contributed by atoms with Crippen LogP contribution in [0.4, 0.5) is 0 Å². The average Bonchev–Trinajstić information content (AvgIpc) is 2.74. The third-order valence-electron chi connectivity index (χ3n) is 4.52. The minimum Gasteiger partial charge on any atom is -0.497 e. The number of ether oxygens (including phenoxy) is 2. The number of nitrogens with zero attached hydrogens (tertiary/aromatic N) is 4. The maximum absolute atomic E-state index is 12.2. The Labute approximate surface area is 167 Å². The van der Waals surface area contributed by atoms with Crippen molar-refractivity contribution >= 4 is 10.9 Å². The van der Waals surface area contributed by atoms with Gasteiger partial charge in [-0.2, -0.15) is 5.10 Å². The lowest BCUT2D eigenvalue weighted by molar-refractivity contribution is 0.291. The fourth-order valence-electron chi connectivity index (χ4n) is 3.02. The molecule has 146 valence electrons. The Morgan fingerprint density at radius 3 is 2.66 bits per heavy atom. The zero-order chi connectivity index (χ0) is 20.2. The molecule has 0 fully saturated rings. The summed E-state index contributed by atoms with van der Waals surface area (Å²) in [6.07, 6.45) is 3.42. The topological polar surface area (TPSA) is 79.1 Å². The van der Waals surface area contributed by atoms with Crippen LogP contribution in [0.5, 0.6) is 11.5 Å². The number of aromatic nitrogens is 4. The number of aryl methyl sites for hydroxylation is 1. The second-order valence-electron chi connectivity index (χ2n) is 6.54. The van der Waals surface area contributed by atoms with E-state index in [1.165, 1.54) is 10.7 Å². The van der Waals surface area contributed by atoms with Gasteiger partial charge in [-0.3, -0.25) is 14.8 Å². The molecule has 4 rings (SSSR count). The van der Waals surface area contributed by atoms with Crippen LogP contribution in [0.2, 0.25) is 0 Å². The predicted molar refractivity (Wildman–Crippen MR) is 110 cm³/mol. The molecule has 0 saturated carbocycles. The number of fused-ring (bicyclic) bond motifs is 1. The van der Waals surface area contributed by atoms with E-state index in [2.05, 4.69) is 15.1 Å². The maximum atomic E-state index is 12.2. The maximum Gasteiger partial charge on any atom is 0.266 e. The summed E-state index contributed by atoms with van der Waals surface area (Å²) in [5, 5.41) is 5.31. The molecule has 4 aromatic rings. The van der Waals surface area contributed by atoms with Crippen LogP contribution >= 0.6 is 0 Å². The zero-order valence-corrected chi connectivity index (χ0v) is 16.2. The van der Waals surface area contributed by atoms with Crippen molar-refractivity contribution in [3.05, 3.63) is 76.8 Å². The fraction of sp³-hybridized carbons (Fsp3) is 0.182. The normalized spacial score (nSPS) is 10.8. The Morgan fingerprint density at radius 1 is 0.966 bits per heavy atom. The van der Waals surface area contributed by atoms with Crippen LogP contribution in [0, 0.1) is 6.92 Å².